The van der Waals surface area contributed by atoms with Gasteiger partial charge in [-0.3, -0.25) is 4.79 Å². The topological polar surface area (TPSA) is 64.4 Å². The molecule has 0 aromatic heterocycles. The second-order valence-corrected chi connectivity index (χ2v) is 4.89. The zero-order valence-corrected chi connectivity index (χ0v) is 10.7. The summed E-state index contributed by atoms with van der Waals surface area (Å²) >= 11 is 0. The highest BCUT2D eigenvalue weighted by Crippen LogP contribution is 2.15. The molecule has 0 bridgehead atoms. The number of hydrogen-bond acceptors (Lipinski definition) is 3. The molecule has 2 rings (SSSR count). The van der Waals surface area contributed by atoms with Gasteiger partial charge in [0.15, 0.2) is 0 Å². The van der Waals surface area contributed by atoms with Crippen molar-refractivity contribution in [3.63, 3.8) is 0 Å². The van der Waals surface area contributed by atoms with Gasteiger partial charge in [-0.25, -0.2) is 0 Å². The van der Waals surface area contributed by atoms with Gasteiger partial charge in [-0.2, -0.15) is 0 Å². The highest BCUT2D eigenvalue weighted by molar-refractivity contribution is 5.86. The van der Waals surface area contributed by atoms with Gasteiger partial charge in [0.2, 0.25) is 5.91 Å². The first kappa shape index (κ1) is 13.1. The van der Waals surface area contributed by atoms with Crippen LogP contribution in [0.1, 0.15) is 17.5 Å². The van der Waals surface area contributed by atoms with Crippen molar-refractivity contribution in [2.45, 2.75) is 25.3 Å². The summed E-state index contributed by atoms with van der Waals surface area (Å²) in [5.41, 5.74) is 7.65. The molecule has 3 N–H and O–H groups in total. The summed E-state index contributed by atoms with van der Waals surface area (Å²) in [6.07, 6.45) is 1.43. The molecule has 4 nitrogen and oxygen atoms in total. The molecule has 1 aromatic carbocycles. The summed E-state index contributed by atoms with van der Waals surface area (Å²) < 4.78 is 5.18. The van der Waals surface area contributed by atoms with E-state index in [9.17, 15) is 4.79 Å². The van der Waals surface area contributed by atoms with E-state index in [4.69, 9.17) is 10.5 Å². The maximum atomic E-state index is 11.9. The van der Waals surface area contributed by atoms with Gasteiger partial charge in [-0.1, -0.05) is 24.3 Å². The van der Waals surface area contributed by atoms with Crippen LogP contribution in [0.4, 0.5) is 0 Å². The van der Waals surface area contributed by atoms with Crippen LogP contribution in [-0.2, 0) is 16.0 Å². The van der Waals surface area contributed by atoms with Gasteiger partial charge in [0.05, 0.1) is 6.61 Å². The number of ether oxygens (including phenoxy) is 1. The summed E-state index contributed by atoms with van der Waals surface area (Å²) in [4.78, 5) is 11.9. The SMILES string of the molecule is Cc1ccccc1CCNC(=O)C1(N)CCOC1. The van der Waals surface area contributed by atoms with Crippen LogP contribution in [0, 0.1) is 6.92 Å². The molecule has 1 fully saturated rings. The van der Waals surface area contributed by atoms with E-state index >= 15 is 0 Å². The Morgan fingerprint density at radius 2 is 2.28 bits per heavy atom. The Labute approximate surface area is 108 Å². The van der Waals surface area contributed by atoms with Crippen molar-refractivity contribution in [3.8, 4) is 0 Å². The van der Waals surface area contributed by atoms with Crippen LogP contribution in [0.5, 0.6) is 0 Å². The normalized spacial score (nSPS) is 23.0. The predicted octanol–water partition coefficient (Wildman–Crippen LogP) is 0.772. The Kier molecular flexibility index (Phi) is 3.99. The minimum absolute atomic E-state index is 0.103. The molecular formula is C14H20N2O2. The molecule has 1 aliphatic heterocycles. The second-order valence-electron chi connectivity index (χ2n) is 4.89. The third-order valence-electron chi connectivity index (χ3n) is 3.45. The Hall–Kier alpha value is -1.39. The van der Waals surface area contributed by atoms with E-state index in [1.54, 1.807) is 0 Å². The third kappa shape index (κ3) is 2.89. The van der Waals surface area contributed by atoms with Crippen LogP contribution < -0.4 is 11.1 Å². The lowest BCUT2D eigenvalue weighted by atomic mass is 9.99. The fourth-order valence-corrected chi connectivity index (χ4v) is 2.14. The lowest BCUT2D eigenvalue weighted by Crippen LogP contribution is -2.54. The van der Waals surface area contributed by atoms with Crippen molar-refractivity contribution in [1.29, 1.82) is 0 Å². The van der Waals surface area contributed by atoms with E-state index in [0.29, 0.717) is 26.2 Å². The number of nitrogens with one attached hydrogen (secondary N) is 1. The fraction of sp³-hybridized carbons (Fsp3) is 0.500. The van der Waals surface area contributed by atoms with Gasteiger partial charge in [0.1, 0.15) is 5.54 Å². The Balaban J connectivity index is 1.82. The van der Waals surface area contributed by atoms with E-state index in [1.807, 2.05) is 12.1 Å². The van der Waals surface area contributed by atoms with Crippen molar-refractivity contribution in [2.75, 3.05) is 19.8 Å². The molecule has 98 valence electrons. The molecular weight excluding hydrogens is 228 g/mol. The smallest absolute Gasteiger partial charge is 0.242 e. The van der Waals surface area contributed by atoms with Crippen molar-refractivity contribution in [2.24, 2.45) is 5.73 Å². The summed E-state index contributed by atoms with van der Waals surface area (Å²) in [5, 5.41) is 2.90. The number of carbonyl (C=O) groups is 1. The first-order valence-corrected chi connectivity index (χ1v) is 6.31. The molecule has 0 spiro atoms. The lowest BCUT2D eigenvalue weighted by molar-refractivity contribution is -0.126. The van der Waals surface area contributed by atoms with Gasteiger partial charge < -0.3 is 15.8 Å². The van der Waals surface area contributed by atoms with Crippen LogP contribution in [0.3, 0.4) is 0 Å². The molecule has 18 heavy (non-hydrogen) atoms. The highest BCUT2D eigenvalue weighted by Gasteiger charge is 2.37. The molecule has 1 aliphatic rings. The monoisotopic (exact) mass is 248 g/mol. The standard InChI is InChI=1S/C14H20N2O2/c1-11-4-2-3-5-12(11)6-8-16-13(17)14(15)7-9-18-10-14/h2-5H,6-10,15H2,1H3,(H,16,17). The first-order chi connectivity index (χ1) is 8.62. The Morgan fingerprint density at radius 1 is 1.50 bits per heavy atom. The van der Waals surface area contributed by atoms with Crippen LogP contribution >= 0.6 is 0 Å². The average molecular weight is 248 g/mol. The van der Waals surface area contributed by atoms with E-state index < -0.39 is 5.54 Å². The summed E-state index contributed by atoms with van der Waals surface area (Å²) in [6.45, 7) is 3.58. The van der Waals surface area contributed by atoms with Gasteiger partial charge >= 0.3 is 0 Å². The lowest BCUT2D eigenvalue weighted by Gasteiger charge is -2.20. The molecule has 1 saturated heterocycles. The molecule has 1 amide bonds. The van der Waals surface area contributed by atoms with Crippen LogP contribution in [0.2, 0.25) is 0 Å². The highest BCUT2D eigenvalue weighted by atomic mass is 16.5. The fourth-order valence-electron chi connectivity index (χ4n) is 2.14. The zero-order valence-electron chi connectivity index (χ0n) is 10.7. The van der Waals surface area contributed by atoms with Crippen molar-refractivity contribution in [1.82, 2.24) is 5.32 Å². The Morgan fingerprint density at radius 3 is 2.94 bits per heavy atom. The van der Waals surface area contributed by atoms with Gasteiger partial charge in [-0.15, -0.1) is 0 Å². The predicted molar refractivity (Wildman–Crippen MR) is 70.2 cm³/mol. The zero-order chi connectivity index (χ0) is 13.0. The number of amides is 1. The minimum Gasteiger partial charge on any atom is -0.379 e. The number of hydrogen-bond donors (Lipinski definition) is 2. The minimum atomic E-state index is -0.828. The largest absolute Gasteiger partial charge is 0.379 e. The molecule has 0 saturated carbocycles. The quantitative estimate of drug-likeness (QED) is 0.827. The van der Waals surface area contributed by atoms with E-state index in [0.717, 1.165) is 6.42 Å². The molecule has 0 aliphatic carbocycles. The molecule has 1 unspecified atom stereocenters. The number of aryl methyl sites for hydroxylation is 1. The maximum Gasteiger partial charge on any atom is 0.242 e. The van der Waals surface area contributed by atoms with Gasteiger partial charge in [-0.05, 0) is 30.9 Å². The third-order valence-corrected chi connectivity index (χ3v) is 3.45. The molecule has 1 atom stereocenters. The summed E-state index contributed by atoms with van der Waals surface area (Å²) in [7, 11) is 0. The van der Waals surface area contributed by atoms with Gasteiger partial charge in [0, 0.05) is 13.2 Å². The van der Waals surface area contributed by atoms with Gasteiger partial charge in [0.25, 0.3) is 0 Å². The second kappa shape index (κ2) is 5.50. The first-order valence-electron chi connectivity index (χ1n) is 6.31. The number of benzene rings is 1. The molecule has 1 heterocycles. The Bertz CT molecular complexity index is 426. The number of nitrogens with two attached hydrogens (primary N) is 1. The summed E-state index contributed by atoms with van der Waals surface area (Å²) in [5.74, 6) is -0.103. The van der Waals surface area contributed by atoms with Crippen molar-refractivity contribution >= 4 is 5.91 Å². The van der Waals surface area contributed by atoms with Crippen LogP contribution in [-0.4, -0.2) is 31.2 Å². The van der Waals surface area contributed by atoms with E-state index in [2.05, 4.69) is 24.4 Å². The average Bonchev–Trinajstić information content (AvgIpc) is 2.80. The number of rotatable bonds is 4. The van der Waals surface area contributed by atoms with E-state index in [-0.39, 0.29) is 5.91 Å². The van der Waals surface area contributed by atoms with Crippen LogP contribution in [0.25, 0.3) is 0 Å². The molecule has 4 heteroatoms. The summed E-state index contributed by atoms with van der Waals surface area (Å²) in [6, 6.07) is 8.19. The van der Waals surface area contributed by atoms with E-state index in [1.165, 1.54) is 11.1 Å². The maximum absolute atomic E-state index is 11.9. The molecule has 0 radical (unpaired) electrons. The van der Waals surface area contributed by atoms with Crippen molar-refractivity contribution in [3.05, 3.63) is 35.4 Å². The molecule has 1 aromatic rings. The number of carbonyl (C=O) groups excluding carboxylic acids is 1. The van der Waals surface area contributed by atoms with Crippen molar-refractivity contribution < 1.29 is 9.53 Å². The van der Waals surface area contributed by atoms with Crippen LogP contribution in [0.15, 0.2) is 24.3 Å².